The highest BCUT2D eigenvalue weighted by atomic mass is 15.3. The predicted octanol–water partition coefficient (Wildman–Crippen LogP) is 4.14. The number of nitrogens with zero attached hydrogens (tertiary/aromatic N) is 2. The van der Waals surface area contributed by atoms with Gasteiger partial charge in [-0.1, -0.05) is 66.7 Å². The van der Waals surface area contributed by atoms with Crippen molar-refractivity contribution in [3.8, 4) is 0 Å². The van der Waals surface area contributed by atoms with Crippen molar-refractivity contribution >= 4 is 5.57 Å². The summed E-state index contributed by atoms with van der Waals surface area (Å²) < 4.78 is 0. The van der Waals surface area contributed by atoms with E-state index in [4.69, 9.17) is 0 Å². The fourth-order valence-electron chi connectivity index (χ4n) is 3.32. The Balaban J connectivity index is 1.74. The van der Waals surface area contributed by atoms with Gasteiger partial charge in [0.1, 0.15) is 0 Å². The lowest BCUT2D eigenvalue weighted by Crippen LogP contribution is -2.48. The zero-order valence-electron chi connectivity index (χ0n) is 14.9. The van der Waals surface area contributed by atoms with Crippen LogP contribution in [0.5, 0.6) is 0 Å². The summed E-state index contributed by atoms with van der Waals surface area (Å²) in [5.74, 6) is 0. The first-order valence-electron chi connectivity index (χ1n) is 9.01. The molecule has 0 unspecified atom stereocenters. The molecule has 1 heterocycles. The summed E-state index contributed by atoms with van der Waals surface area (Å²) in [6.07, 6.45) is 2.40. The molecule has 2 aromatic rings. The summed E-state index contributed by atoms with van der Waals surface area (Å²) in [5, 5.41) is 0. The van der Waals surface area contributed by atoms with Crippen LogP contribution in [0.2, 0.25) is 0 Å². The standard InChI is InChI=1S/C22H28N2/c1-19(2)24-17-15-23(16-18-24)14-13-22(20-9-5-3-6-10-20)21-11-7-4-8-12-21/h3-13,19H,14-18H2,1-2H3. The Morgan fingerprint density at radius 1 is 0.833 bits per heavy atom. The lowest BCUT2D eigenvalue weighted by atomic mass is 9.97. The van der Waals surface area contributed by atoms with E-state index < -0.39 is 0 Å². The molecule has 0 amide bonds. The van der Waals surface area contributed by atoms with Crippen LogP contribution < -0.4 is 0 Å². The summed E-state index contributed by atoms with van der Waals surface area (Å²) in [6.45, 7) is 10.3. The van der Waals surface area contributed by atoms with E-state index in [-0.39, 0.29) is 0 Å². The second-order valence-electron chi connectivity index (χ2n) is 6.78. The van der Waals surface area contributed by atoms with E-state index in [0.717, 1.165) is 19.6 Å². The van der Waals surface area contributed by atoms with Gasteiger partial charge in [-0.05, 0) is 30.5 Å². The van der Waals surface area contributed by atoms with Crippen LogP contribution in [0.4, 0.5) is 0 Å². The van der Waals surface area contributed by atoms with Crippen LogP contribution in [0.1, 0.15) is 25.0 Å². The minimum absolute atomic E-state index is 0.659. The van der Waals surface area contributed by atoms with E-state index in [1.807, 2.05) is 0 Å². The van der Waals surface area contributed by atoms with Crippen LogP contribution in [0.3, 0.4) is 0 Å². The van der Waals surface area contributed by atoms with Crippen LogP contribution in [0, 0.1) is 0 Å². The van der Waals surface area contributed by atoms with Crippen molar-refractivity contribution in [1.82, 2.24) is 9.80 Å². The van der Waals surface area contributed by atoms with E-state index in [9.17, 15) is 0 Å². The Labute approximate surface area is 146 Å². The molecule has 1 aliphatic rings. The van der Waals surface area contributed by atoms with Gasteiger partial charge in [0, 0.05) is 38.8 Å². The highest BCUT2D eigenvalue weighted by molar-refractivity contribution is 5.79. The van der Waals surface area contributed by atoms with E-state index in [1.165, 1.54) is 29.8 Å². The molecule has 0 bridgehead atoms. The summed E-state index contributed by atoms with van der Waals surface area (Å²) in [7, 11) is 0. The molecular formula is C22H28N2. The topological polar surface area (TPSA) is 6.48 Å². The SMILES string of the molecule is CC(C)N1CCN(CC=C(c2ccccc2)c2ccccc2)CC1. The first kappa shape index (κ1) is 16.9. The van der Waals surface area contributed by atoms with Crippen molar-refractivity contribution in [3.63, 3.8) is 0 Å². The second kappa shape index (κ2) is 8.27. The Morgan fingerprint density at radius 2 is 1.33 bits per heavy atom. The Hall–Kier alpha value is -1.90. The maximum Gasteiger partial charge on any atom is 0.0173 e. The lowest BCUT2D eigenvalue weighted by molar-refractivity contribution is 0.117. The van der Waals surface area contributed by atoms with Gasteiger partial charge in [-0.3, -0.25) is 9.80 Å². The molecule has 0 spiro atoms. The smallest absolute Gasteiger partial charge is 0.0173 e. The summed E-state index contributed by atoms with van der Waals surface area (Å²) in [6, 6.07) is 22.1. The molecule has 1 aliphatic heterocycles. The van der Waals surface area contributed by atoms with Gasteiger partial charge in [0.2, 0.25) is 0 Å². The molecular weight excluding hydrogens is 292 g/mol. The summed E-state index contributed by atoms with van der Waals surface area (Å²) >= 11 is 0. The van der Waals surface area contributed by atoms with Gasteiger partial charge >= 0.3 is 0 Å². The first-order chi connectivity index (χ1) is 11.7. The lowest BCUT2D eigenvalue weighted by Gasteiger charge is -2.36. The largest absolute Gasteiger partial charge is 0.298 e. The van der Waals surface area contributed by atoms with Gasteiger partial charge < -0.3 is 0 Å². The van der Waals surface area contributed by atoms with Crippen molar-refractivity contribution in [3.05, 3.63) is 77.9 Å². The van der Waals surface area contributed by atoms with Crippen molar-refractivity contribution in [2.24, 2.45) is 0 Å². The number of hydrogen-bond donors (Lipinski definition) is 0. The maximum atomic E-state index is 2.56. The zero-order valence-corrected chi connectivity index (χ0v) is 14.9. The number of hydrogen-bond acceptors (Lipinski definition) is 2. The van der Waals surface area contributed by atoms with Crippen LogP contribution >= 0.6 is 0 Å². The molecule has 0 radical (unpaired) electrons. The molecule has 2 heteroatoms. The summed E-state index contributed by atoms with van der Waals surface area (Å²) in [5.41, 5.74) is 3.93. The molecule has 126 valence electrons. The fraction of sp³-hybridized carbons (Fsp3) is 0.364. The van der Waals surface area contributed by atoms with Crippen LogP contribution in [-0.4, -0.2) is 48.6 Å². The quantitative estimate of drug-likeness (QED) is 0.817. The van der Waals surface area contributed by atoms with Crippen molar-refractivity contribution < 1.29 is 0 Å². The number of rotatable bonds is 5. The van der Waals surface area contributed by atoms with Gasteiger partial charge in [0.05, 0.1) is 0 Å². The van der Waals surface area contributed by atoms with Crippen LogP contribution in [0.15, 0.2) is 66.7 Å². The van der Waals surface area contributed by atoms with Crippen LogP contribution in [-0.2, 0) is 0 Å². The third kappa shape index (κ3) is 4.34. The normalized spacial score (nSPS) is 16.3. The molecule has 1 fully saturated rings. The fourth-order valence-corrected chi connectivity index (χ4v) is 3.32. The molecule has 2 aromatic carbocycles. The van der Waals surface area contributed by atoms with Gasteiger partial charge in [-0.2, -0.15) is 0 Å². The zero-order chi connectivity index (χ0) is 16.8. The van der Waals surface area contributed by atoms with Gasteiger partial charge in [-0.25, -0.2) is 0 Å². The first-order valence-corrected chi connectivity index (χ1v) is 9.01. The minimum atomic E-state index is 0.659. The highest BCUT2D eigenvalue weighted by Crippen LogP contribution is 2.23. The van der Waals surface area contributed by atoms with E-state index in [0.29, 0.717) is 6.04 Å². The molecule has 0 aliphatic carbocycles. The number of piperazine rings is 1. The van der Waals surface area contributed by atoms with Gasteiger partial charge in [-0.15, -0.1) is 0 Å². The molecule has 3 rings (SSSR count). The monoisotopic (exact) mass is 320 g/mol. The van der Waals surface area contributed by atoms with Crippen molar-refractivity contribution in [2.75, 3.05) is 32.7 Å². The van der Waals surface area contributed by atoms with E-state index in [2.05, 4.69) is 90.4 Å². The van der Waals surface area contributed by atoms with Crippen molar-refractivity contribution in [2.45, 2.75) is 19.9 Å². The molecule has 0 atom stereocenters. The van der Waals surface area contributed by atoms with Crippen LogP contribution in [0.25, 0.3) is 5.57 Å². The minimum Gasteiger partial charge on any atom is -0.298 e. The third-order valence-electron chi connectivity index (χ3n) is 4.86. The Kier molecular flexibility index (Phi) is 5.84. The maximum absolute atomic E-state index is 2.56. The molecule has 1 saturated heterocycles. The van der Waals surface area contributed by atoms with E-state index >= 15 is 0 Å². The van der Waals surface area contributed by atoms with Gasteiger partial charge in [0.25, 0.3) is 0 Å². The molecule has 0 saturated carbocycles. The second-order valence-corrected chi connectivity index (χ2v) is 6.78. The number of benzene rings is 2. The average molecular weight is 320 g/mol. The molecule has 0 aromatic heterocycles. The third-order valence-corrected chi connectivity index (χ3v) is 4.86. The van der Waals surface area contributed by atoms with E-state index in [1.54, 1.807) is 0 Å². The average Bonchev–Trinajstić information content (AvgIpc) is 2.64. The highest BCUT2D eigenvalue weighted by Gasteiger charge is 2.18. The Morgan fingerprint density at radius 3 is 1.79 bits per heavy atom. The van der Waals surface area contributed by atoms with Gasteiger partial charge in [0.15, 0.2) is 0 Å². The van der Waals surface area contributed by atoms with Crippen molar-refractivity contribution in [1.29, 1.82) is 0 Å². The molecule has 2 nitrogen and oxygen atoms in total. The Bertz CT molecular complexity index is 597. The predicted molar refractivity (Wildman–Crippen MR) is 103 cm³/mol. The molecule has 0 N–H and O–H groups in total. The summed E-state index contributed by atoms with van der Waals surface area (Å²) in [4.78, 5) is 5.13. The molecule has 24 heavy (non-hydrogen) atoms.